The predicted molar refractivity (Wildman–Crippen MR) is 96.5 cm³/mol. The highest BCUT2D eigenvalue weighted by Gasteiger charge is 2.11. The molecule has 0 saturated carbocycles. The smallest absolute Gasteiger partial charge is 0.270 e. The van der Waals surface area contributed by atoms with E-state index in [0.717, 1.165) is 21.9 Å². The van der Waals surface area contributed by atoms with Gasteiger partial charge in [0.25, 0.3) is 5.91 Å². The van der Waals surface area contributed by atoms with Crippen molar-refractivity contribution in [2.24, 2.45) is 0 Å². The molecule has 0 unspecified atom stereocenters. The molecule has 6 heteroatoms. The van der Waals surface area contributed by atoms with Crippen molar-refractivity contribution in [2.45, 2.75) is 6.42 Å². The van der Waals surface area contributed by atoms with E-state index >= 15 is 0 Å². The Balaban J connectivity index is 1.58. The summed E-state index contributed by atoms with van der Waals surface area (Å²) >= 11 is 1.41. The third kappa shape index (κ3) is 4.42. The molecule has 0 aliphatic rings. The van der Waals surface area contributed by atoms with E-state index in [1.807, 2.05) is 30.3 Å². The first kappa shape index (κ1) is 17.1. The van der Waals surface area contributed by atoms with Crippen LogP contribution in [0.1, 0.15) is 16.1 Å². The van der Waals surface area contributed by atoms with Gasteiger partial charge in [-0.15, -0.1) is 11.3 Å². The Hall–Kier alpha value is -2.73. The molecule has 0 saturated heterocycles. The number of carbonyl (C=O) groups excluding carboxylic acids is 1. The van der Waals surface area contributed by atoms with Gasteiger partial charge in [0.15, 0.2) is 0 Å². The zero-order chi connectivity index (χ0) is 17.6. The SMILES string of the molecule is COc1ccc(-c2nc(C(=O)NCCc3cccc(F)c3)cs2)cc1. The fourth-order valence-electron chi connectivity index (χ4n) is 2.35. The zero-order valence-corrected chi connectivity index (χ0v) is 14.5. The van der Waals surface area contributed by atoms with Crippen LogP contribution in [0.15, 0.2) is 53.9 Å². The quantitative estimate of drug-likeness (QED) is 0.728. The summed E-state index contributed by atoms with van der Waals surface area (Å²) in [5.41, 5.74) is 2.16. The van der Waals surface area contributed by atoms with Crippen LogP contribution in [0.2, 0.25) is 0 Å². The van der Waals surface area contributed by atoms with Crippen molar-refractivity contribution in [3.05, 3.63) is 71.0 Å². The summed E-state index contributed by atoms with van der Waals surface area (Å²) in [4.78, 5) is 16.6. The molecule has 3 rings (SSSR count). The van der Waals surface area contributed by atoms with E-state index in [2.05, 4.69) is 10.3 Å². The van der Waals surface area contributed by atoms with Crippen LogP contribution < -0.4 is 10.1 Å². The number of methoxy groups -OCH3 is 1. The van der Waals surface area contributed by atoms with Crippen molar-refractivity contribution in [1.29, 1.82) is 0 Å². The number of rotatable bonds is 6. The van der Waals surface area contributed by atoms with Crippen molar-refractivity contribution in [2.75, 3.05) is 13.7 Å². The molecule has 0 radical (unpaired) electrons. The number of carbonyl (C=O) groups is 1. The first-order chi connectivity index (χ1) is 12.2. The van der Waals surface area contributed by atoms with Gasteiger partial charge in [-0.25, -0.2) is 9.37 Å². The van der Waals surface area contributed by atoms with Crippen molar-refractivity contribution in [1.82, 2.24) is 10.3 Å². The number of aromatic nitrogens is 1. The number of nitrogens with one attached hydrogen (secondary N) is 1. The van der Waals surface area contributed by atoms with Crippen LogP contribution in [-0.4, -0.2) is 24.5 Å². The Labute approximate surface area is 149 Å². The molecule has 1 aromatic heterocycles. The van der Waals surface area contributed by atoms with Gasteiger partial charge in [0.2, 0.25) is 0 Å². The second kappa shape index (κ2) is 7.90. The molecular weight excluding hydrogens is 339 g/mol. The van der Waals surface area contributed by atoms with Gasteiger partial charge in [0.1, 0.15) is 22.3 Å². The van der Waals surface area contributed by atoms with Gasteiger partial charge >= 0.3 is 0 Å². The van der Waals surface area contributed by atoms with Crippen LogP contribution in [0.25, 0.3) is 10.6 Å². The van der Waals surface area contributed by atoms with Gasteiger partial charge in [-0.05, 0) is 48.4 Å². The van der Waals surface area contributed by atoms with Gasteiger partial charge in [-0.2, -0.15) is 0 Å². The number of nitrogens with zero attached hydrogens (tertiary/aromatic N) is 1. The highest BCUT2D eigenvalue weighted by Crippen LogP contribution is 2.25. The summed E-state index contributed by atoms with van der Waals surface area (Å²) < 4.78 is 18.3. The first-order valence-corrected chi connectivity index (χ1v) is 8.66. The molecular formula is C19H17FN2O2S. The Bertz CT molecular complexity index is 862. The zero-order valence-electron chi connectivity index (χ0n) is 13.7. The Morgan fingerprint density at radius 3 is 2.76 bits per heavy atom. The number of hydrogen-bond acceptors (Lipinski definition) is 4. The number of amides is 1. The molecule has 0 spiro atoms. The summed E-state index contributed by atoms with van der Waals surface area (Å²) in [6.45, 7) is 0.428. The third-order valence-corrected chi connectivity index (χ3v) is 4.55. The largest absolute Gasteiger partial charge is 0.497 e. The molecule has 1 amide bonds. The second-order valence-corrected chi connectivity index (χ2v) is 6.26. The van der Waals surface area contributed by atoms with E-state index in [0.29, 0.717) is 18.7 Å². The molecule has 0 fully saturated rings. The van der Waals surface area contributed by atoms with E-state index in [-0.39, 0.29) is 11.7 Å². The number of thiazole rings is 1. The van der Waals surface area contributed by atoms with Gasteiger partial charge in [-0.3, -0.25) is 4.79 Å². The van der Waals surface area contributed by atoms with Gasteiger partial charge < -0.3 is 10.1 Å². The van der Waals surface area contributed by atoms with Gasteiger partial charge in [0.05, 0.1) is 7.11 Å². The van der Waals surface area contributed by atoms with Crippen LogP contribution >= 0.6 is 11.3 Å². The van der Waals surface area contributed by atoms with E-state index in [9.17, 15) is 9.18 Å². The number of hydrogen-bond donors (Lipinski definition) is 1. The van der Waals surface area contributed by atoms with Gasteiger partial charge in [0, 0.05) is 17.5 Å². The molecule has 3 aromatic rings. The minimum Gasteiger partial charge on any atom is -0.497 e. The molecule has 0 bridgehead atoms. The maximum absolute atomic E-state index is 13.1. The Morgan fingerprint density at radius 1 is 1.24 bits per heavy atom. The monoisotopic (exact) mass is 356 g/mol. The number of benzene rings is 2. The molecule has 0 aliphatic heterocycles. The normalized spacial score (nSPS) is 10.5. The molecule has 1 N–H and O–H groups in total. The summed E-state index contributed by atoms with van der Waals surface area (Å²) in [7, 11) is 1.62. The first-order valence-electron chi connectivity index (χ1n) is 7.78. The van der Waals surface area contributed by atoms with Crippen molar-refractivity contribution >= 4 is 17.2 Å². The lowest BCUT2D eigenvalue weighted by atomic mass is 10.1. The number of halogens is 1. The molecule has 128 valence electrons. The summed E-state index contributed by atoms with van der Waals surface area (Å²) in [6.07, 6.45) is 0.568. The van der Waals surface area contributed by atoms with Crippen LogP contribution in [0.3, 0.4) is 0 Å². The maximum atomic E-state index is 13.1. The lowest BCUT2D eigenvalue weighted by Gasteiger charge is -2.04. The van der Waals surface area contributed by atoms with E-state index < -0.39 is 0 Å². The van der Waals surface area contributed by atoms with Crippen LogP contribution in [0.4, 0.5) is 4.39 Å². The average molecular weight is 356 g/mol. The summed E-state index contributed by atoms with van der Waals surface area (Å²) in [5.74, 6) is 0.274. The molecule has 4 nitrogen and oxygen atoms in total. The average Bonchev–Trinajstić information content (AvgIpc) is 3.12. The van der Waals surface area contributed by atoms with E-state index in [1.54, 1.807) is 18.6 Å². The fraction of sp³-hybridized carbons (Fsp3) is 0.158. The topological polar surface area (TPSA) is 51.2 Å². The summed E-state index contributed by atoms with van der Waals surface area (Å²) in [5, 5.41) is 5.32. The summed E-state index contributed by atoms with van der Waals surface area (Å²) in [6, 6.07) is 13.9. The highest BCUT2D eigenvalue weighted by molar-refractivity contribution is 7.13. The van der Waals surface area contributed by atoms with Crippen LogP contribution in [0.5, 0.6) is 5.75 Å². The minimum absolute atomic E-state index is 0.229. The molecule has 0 aliphatic carbocycles. The van der Waals surface area contributed by atoms with Crippen LogP contribution in [0, 0.1) is 5.82 Å². The molecule has 0 atom stereocenters. The van der Waals surface area contributed by atoms with Crippen LogP contribution in [-0.2, 0) is 6.42 Å². The Kier molecular flexibility index (Phi) is 5.40. The Morgan fingerprint density at radius 2 is 2.04 bits per heavy atom. The van der Waals surface area contributed by atoms with E-state index in [1.165, 1.54) is 23.5 Å². The van der Waals surface area contributed by atoms with E-state index in [4.69, 9.17) is 4.74 Å². The maximum Gasteiger partial charge on any atom is 0.270 e. The molecule has 2 aromatic carbocycles. The lowest BCUT2D eigenvalue weighted by Crippen LogP contribution is -2.25. The highest BCUT2D eigenvalue weighted by atomic mass is 32.1. The van der Waals surface area contributed by atoms with Crippen molar-refractivity contribution in [3.63, 3.8) is 0 Å². The van der Waals surface area contributed by atoms with Crippen molar-refractivity contribution in [3.8, 4) is 16.3 Å². The van der Waals surface area contributed by atoms with Gasteiger partial charge in [-0.1, -0.05) is 12.1 Å². The predicted octanol–water partition coefficient (Wildman–Crippen LogP) is 3.93. The number of ether oxygens (including phenoxy) is 1. The fourth-order valence-corrected chi connectivity index (χ4v) is 3.15. The minimum atomic E-state index is -0.271. The lowest BCUT2D eigenvalue weighted by molar-refractivity contribution is 0.0950. The van der Waals surface area contributed by atoms with Crippen molar-refractivity contribution < 1.29 is 13.9 Å². The molecule has 25 heavy (non-hydrogen) atoms. The third-order valence-electron chi connectivity index (χ3n) is 3.66. The molecule has 1 heterocycles. The second-order valence-electron chi connectivity index (χ2n) is 5.40. The standard InChI is InChI=1S/C19H17FN2O2S/c1-24-16-7-5-14(6-8-16)19-22-17(12-25-19)18(23)21-10-9-13-3-2-4-15(20)11-13/h2-8,11-12H,9-10H2,1H3,(H,21,23).